The number of hydrogen-bond donors (Lipinski definition) is 1. The van der Waals surface area contributed by atoms with Gasteiger partial charge >= 0.3 is 0 Å². The van der Waals surface area contributed by atoms with E-state index >= 15 is 0 Å². The molecule has 0 atom stereocenters. The van der Waals surface area contributed by atoms with Crippen molar-refractivity contribution >= 4 is 28.5 Å². The normalized spacial score (nSPS) is 10.3. The number of amides is 1. The number of rotatable bonds is 4. The van der Waals surface area contributed by atoms with Crippen LogP contribution in [0.2, 0.25) is 0 Å². The van der Waals surface area contributed by atoms with E-state index in [1.54, 1.807) is 0 Å². The van der Waals surface area contributed by atoms with Gasteiger partial charge in [0, 0.05) is 5.56 Å². The molecule has 0 fully saturated rings. The molecule has 0 spiro atoms. The Labute approximate surface area is 149 Å². The van der Waals surface area contributed by atoms with Crippen LogP contribution in [0.4, 0.5) is 0 Å². The molecule has 0 saturated carbocycles. The minimum Gasteiger partial charge on any atom is -0.343 e. The number of benzene rings is 3. The number of alkyl halides is 1. The first kappa shape index (κ1) is 15.7. The van der Waals surface area contributed by atoms with Crippen LogP contribution >= 0.6 is 22.6 Å². The molecule has 0 heterocycles. The summed E-state index contributed by atoms with van der Waals surface area (Å²) in [5.41, 5.74) is 5.35. The highest BCUT2D eigenvalue weighted by Gasteiger charge is 2.05. The number of halogens is 1. The van der Waals surface area contributed by atoms with Crippen molar-refractivity contribution in [3.8, 4) is 22.3 Å². The molecule has 0 saturated heterocycles. The standard InChI is InChI=1S/C20H16INO/c21-14-22-20(23)19-12-10-18(11-13-19)17-8-6-16(7-9-17)15-4-2-1-3-5-15/h1-13H,14H2,(H,22,23). The van der Waals surface area contributed by atoms with Gasteiger partial charge in [-0.1, -0.05) is 89.3 Å². The summed E-state index contributed by atoms with van der Waals surface area (Å²) < 4.78 is 0.610. The van der Waals surface area contributed by atoms with Crippen molar-refractivity contribution < 1.29 is 4.79 Å². The van der Waals surface area contributed by atoms with Gasteiger partial charge in [0.15, 0.2) is 0 Å². The van der Waals surface area contributed by atoms with Crippen LogP contribution in [-0.4, -0.2) is 10.5 Å². The Balaban J connectivity index is 1.81. The Morgan fingerprint density at radius 2 is 1.13 bits per heavy atom. The van der Waals surface area contributed by atoms with Gasteiger partial charge in [0.25, 0.3) is 5.91 Å². The lowest BCUT2D eigenvalue weighted by Crippen LogP contribution is -2.20. The van der Waals surface area contributed by atoms with Crippen molar-refractivity contribution in [3.05, 3.63) is 84.4 Å². The Morgan fingerprint density at radius 3 is 1.61 bits per heavy atom. The average Bonchev–Trinajstić information content (AvgIpc) is 2.63. The van der Waals surface area contributed by atoms with Crippen LogP contribution in [0.25, 0.3) is 22.3 Å². The summed E-state index contributed by atoms with van der Waals surface area (Å²) in [5.74, 6) is -0.0367. The van der Waals surface area contributed by atoms with Gasteiger partial charge in [0.05, 0.1) is 4.55 Å². The summed E-state index contributed by atoms with van der Waals surface area (Å²) in [7, 11) is 0. The van der Waals surface area contributed by atoms with Gasteiger partial charge in [-0.25, -0.2) is 0 Å². The van der Waals surface area contributed by atoms with E-state index in [2.05, 4.69) is 64.3 Å². The van der Waals surface area contributed by atoms with E-state index in [4.69, 9.17) is 0 Å². The molecule has 0 aliphatic carbocycles. The molecule has 0 unspecified atom stereocenters. The van der Waals surface area contributed by atoms with Crippen LogP contribution in [0.3, 0.4) is 0 Å². The van der Waals surface area contributed by atoms with E-state index in [0.717, 1.165) is 11.1 Å². The van der Waals surface area contributed by atoms with Crippen LogP contribution in [0.15, 0.2) is 78.9 Å². The van der Waals surface area contributed by atoms with Gasteiger partial charge in [-0.15, -0.1) is 0 Å². The number of hydrogen-bond acceptors (Lipinski definition) is 1. The van der Waals surface area contributed by atoms with Gasteiger partial charge in [0.1, 0.15) is 0 Å². The summed E-state index contributed by atoms with van der Waals surface area (Å²) in [6, 6.07) is 26.5. The quantitative estimate of drug-likeness (QED) is 0.358. The van der Waals surface area contributed by atoms with E-state index in [-0.39, 0.29) is 5.91 Å². The third-order valence-electron chi connectivity index (χ3n) is 3.70. The molecule has 0 bridgehead atoms. The SMILES string of the molecule is O=C(NCI)c1ccc(-c2ccc(-c3ccccc3)cc2)cc1. The van der Waals surface area contributed by atoms with E-state index < -0.39 is 0 Å². The largest absolute Gasteiger partial charge is 0.343 e. The first-order chi connectivity index (χ1) is 11.3. The number of nitrogens with one attached hydrogen (secondary N) is 1. The summed E-state index contributed by atoms with van der Waals surface area (Å²) in [5, 5.41) is 2.79. The van der Waals surface area contributed by atoms with Crippen LogP contribution in [0.5, 0.6) is 0 Å². The molecule has 114 valence electrons. The van der Waals surface area contributed by atoms with Gasteiger partial charge in [0.2, 0.25) is 0 Å². The Bertz CT molecular complexity index is 780. The molecular weight excluding hydrogens is 397 g/mol. The predicted octanol–water partition coefficient (Wildman–Crippen LogP) is 5.14. The second-order valence-electron chi connectivity index (χ2n) is 5.16. The molecule has 1 N–H and O–H groups in total. The summed E-state index contributed by atoms with van der Waals surface area (Å²) in [6.07, 6.45) is 0. The van der Waals surface area contributed by atoms with Crippen molar-refractivity contribution in [1.82, 2.24) is 5.32 Å². The molecule has 0 aliphatic heterocycles. The lowest BCUT2D eigenvalue weighted by Gasteiger charge is -2.06. The maximum atomic E-state index is 11.8. The molecule has 1 amide bonds. The minimum atomic E-state index is -0.0367. The molecular formula is C20H16INO. The highest BCUT2D eigenvalue weighted by Crippen LogP contribution is 2.25. The van der Waals surface area contributed by atoms with E-state index in [9.17, 15) is 4.79 Å². The number of carbonyl (C=O) groups is 1. The molecule has 0 aromatic heterocycles. The summed E-state index contributed by atoms with van der Waals surface area (Å²) >= 11 is 2.12. The third-order valence-corrected chi connectivity index (χ3v) is 4.08. The van der Waals surface area contributed by atoms with Crippen LogP contribution in [0.1, 0.15) is 10.4 Å². The maximum absolute atomic E-state index is 11.8. The molecule has 23 heavy (non-hydrogen) atoms. The Kier molecular flexibility index (Phi) is 5.08. The van der Waals surface area contributed by atoms with E-state index in [1.165, 1.54) is 11.1 Å². The van der Waals surface area contributed by atoms with Crippen LogP contribution in [-0.2, 0) is 0 Å². The van der Waals surface area contributed by atoms with Crippen molar-refractivity contribution in [2.24, 2.45) is 0 Å². The summed E-state index contributed by atoms with van der Waals surface area (Å²) in [4.78, 5) is 11.8. The van der Waals surface area contributed by atoms with Crippen LogP contribution in [0, 0.1) is 0 Å². The monoisotopic (exact) mass is 413 g/mol. The van der Waals surface area contributed by atoms with Crippen molar-refractivity contribution in [1.29, 1.82) is 0 Å². The lowest BCUT2D eigenvalue weighted by molar-refractivity contribution is 0.0962. The Hall–Kier alpha value is -2.14. The highest BCUT2D eigenvalue weighted by molar-refractivity contribution is 14.1. The van der Waals surface area contributed by atoms with E-state index in [1.807, 2.05) is 42.5 Å². The zero-order valence-electron chi connectivity index (χ0n) is 12.5. The zero-order chi connectivity index (χ0) is 16.1. The molecule has 3 rings (SSSR count). The Morgan fingerprint density at radius 1 is 0.696 bits per heavy atom. The second kappa shape index (κ2) is 7.42. The van der Waals surface area contributed by atoms with Crippen molar-refractivity contribution in [2.75, 3.05) is 4.55 Å². The topological polar surface area (TPSA) is 29.1 Å². The zero-order valence-corrected chi connectivity index (χ0v) is 14.7. The fourth-order valence-electron chi connectivity index (χ4n) is 2.46. The molecule has 2 nitrogen and oxygen atoms in total. The van der Waals surface area contributed by atoms with Crippen molar-refractivity contribution in [2.45, 2.75) is 0 Å². The average molecular weight is 413 g/mol. The fourth-order valence-corrected chi connectivity index (χ4v) is 2.81. The third kappa shape index (κ3) is 3.79. The predicted molar refractivity (Wildman–Crippen MR) is 104 cm³/mol. The molecule has 3 aromatic carbocycles. The lowest BCUT2D eigenvalue weighted by atomic mass is 9.99. The van der Waals surface area contributed by atoms with Crippen molar-refractivity contribution in [3.63, 3.8) is 0 Å². The molecule has 3 aromatic rings. The molecule has 0 radical (unpaired) electrons. The first-order valence-corrected chi connectivity index (χ1v) is 8.90. The van der Waals surface area contributed by atoms with Gasteiger partial charge < -0.3 is 5.32 Å². The second-order valence-corrected chi connectivity index (χ2v) is 5.92. The van der Waals surface area contributed by atoms with Crippen LogP contribution < -0.4 is 5.32 Å². The smallest absolute Gasteiger partial charge is 0.251 e. The molecule has 0 aliphatic rings. The fraction of sp³-hybridized carbons (Fsp3) is 0.0500. The molecule has 3 heteroatoms. The summed E-state index contributed by atoms with van der Waals surface area (Å²) in [6.45, 7) is 0. The van der Waals surface area contributed by atoms with E-state index in [0.29, 0.717) is 10.1 Å². The van der Waals surface area contributed by atoms with Gasteiger partial charge in [-0.3, -0.25) is 4.79 Å². The maximum Gasteiger partial charge on any atom is 0.251 e. The number of carbonyl (C=O) groups excluding carboxylic acids is 1. The highest BCUT2D eigenvalue weighted by atomic mass is 127. The van der Waals surface area contributed by atoms with Gasteiger partial charge in [-0.2, -0.15) is 0 Å². The minimum absolute atomic E-state index is 0.0367. The first-order valence-electron chi connectivity index (χ1n) is 7.38. The van der Waals surface area contributed by atoms with Gasteiger partial charge in [-0.05, 0) is 34.4 Å².